The maximum Gasteiger partial charge on any atom is 0.225 e. The normalized spacial score (nSPS) is 27.2. The zero-order valence-electron chi connectivity index (χ0n) is 14.0. The maximum absolute atomic E-state index is 5.56. The van der Waals surface area contributed by atoms with Crippen molar-refractivity contribution >= 4 is 16.9 Å². The van der Waals surface area contributed by atoms with Crippen molar-refractivity contribution in [2.75, 3.05) is 44.3 Å². The highest BCUT2D eigenvalue weighted by atomic mass is 16.5. The van der Waals surface area contributed by atoms with Gasteiger partial charge < -0.3 is 9.64 Å². The summed E-state index contributed by atoms with van der Waals surface area (Å²) in [6.07, 6.45) is 4.67. The number of hydrogen-bond acceptors (Lipinski definition) is 5. The van der Waals surface area contributed by atoms with Crippen LogP contribution in [0.2, 0.25) is 0 Å². The number of ether oxygens (including phenoxy) is 1. The Morgan fingerprint density at radius 3 is 2.67 bits per heavy atom. The van der Waals surface area contributed by atoms with E-state index in [2.05, 4.69) is 33.0 Å². The smallest absolute Gasteiger partial charge is 0.225 e. The lowest BCUT2D eigenvalue weighted by molar-refractivity contribution is 0.177. The van der Waals surface area contributed by atoms with Crippen LogP contribution in [0.3, 0.4) is 0 Å². The lowest BCUT2D eigenvalue weighted by Gasteiger charge is -2.18. The van der Waals surface area contributed by atoms with Gasteiger partial charge in [-0.25, -0.2) is 9.97 Å². The van der Waals surface area contributed by atoms with Crippen molar-refractivity contribution < 1.29 is 4.74 Å². The van der Waals surface area contributed by atoms with E-state index < -0.39 is 0 Å². The molecule has 1 aromatic carbocycles. The number of rotatable bonds is 3. The van der Waals surface area contributed by atoms with Crippen molar-refractivity contribution in [2.24, 2.45) is 11.8 Å². The first-order chi connectivity index (χ1) is 11.8. The molecule has 0 N–H and O–H groups in total. The molecule has 5 heteroatoms. The molecular formula is C19H24N4O. The Hall–Kier alpha value is -1.72. The van der Waals surface area contributed by atoms with E-state index in [-0.39, 0.29) is 0 Å². The molecule has 2 unspecified atom stereocenters. The molecule has 2 atom stereocenters. The molecule has 0 radical (unpaired) electrons. The van der Waals surface area contributed by atoms with E-state index in [0.717, 1.165) is 49.7 Å². The molecule has 5 rings (SSSR count). The Kier molecular flexibility index (Phi) is 3.64. The van der Waals surface area contributed by atoms with Gasteiger partial charge in [0.2, 0.25) is 5.95 Å². The quantitative estimate of drug-likeness (QED) is 0.867. The zero-order chi connectivity index (χ0) is 15.9. The number of anilines is 1. The second-order valence-corrected chi connectivity index (χ2v) is 7.51. The predicted octanol–water partition coefficient (Wildman–Crippen LogP) is 2.31. The Bertz CT molecular complexity index is 731. The molecule has 5 nitrogen and oxygen atoms in total. The fraction of sp³-hybridized carbons (Fsp3) is 0.579. The average molecular weight is 324 g/mol. The van der Waals surface area contributed by atoms with Gasteiger partial charge in [0.25, 0.3) is 0 Å². The second-order valence-electron chi connectivity index (χ2n) is 7.51. The van der Waals surface area contributed by atoms with Gasteiger partial charge in [-0.1, -0.05) is 6.07 Å². The van der Waals surface area contributed by atoms with E-state index in [1.807, 2.05) is 6.20 Å². The summed E-state index contributed by atoms with van der Waals surface area (Å²) in [5, 5.41) is 1.15. The molecule has 3 saturated heterocycles. The Morgan fingerprint density at radius 1 is 1.08 bits per heavy atom. The summed E-state index contributed by atoms with van der Waals surface area (Å²) in [7, 11) is 0. The summed E-state index contributed by atoms with van der Waals surface area (Å²) in [5.41, 5.74) is 2.42. The van der Waals surface area contributed by atoms with Crippen LogP contribution in [0, 0.1) is 11.8 Å². The summed E-state index contributed by atoms with van der Waals surface area (Å²) in [6, 6.07) is 6.64. The van der Waals surface area contributed by atoms with E-state index in [1.54, 1.807) is 0 Å². The zero-order valence-corrected chi connectivity index (χ0v) is 14.0. The molecule has 4 heterocycles. The van der Waals surface area contributed by atoms with Gasteiger partial charge >= 0.3 is 0 Å². The van der Waals surface area contributed by atoms with Crippen LogP contribution in [0.4, 0.5) is 5.95 Å². The highest BCUT2D eigenvalue weighted by Crippen LogP contribution is 2.31. The van der Waals surface area contributed by atoms with Crippen LogP contribution >= 0.6 is 0 Å². The first kappa shape index (κ1) is 14.6. The molecule has 3 fully saturated rings. The van der Waals surface area contributed by atoms with E-state index in [0.29, 0.717) is 11.8 Å². The standard InChI is InChI=1S/C19H24N4O/c1-2-6-22(5-1)9-14-3-4-18-15(7-14)8-20-19(21-18)23-10-16-12-24-13-17(16)11-23/h3-4,7-8,16-17H,1-2,5-6,9-13H2. The van der Waals surface area contributed by atoms with Gasteiger partial charge in [-0.3, -0.25) is 4.90 Å². The number of fused-ring (bicyclic) bond motifs is 2. The van der Waals surface area contributed by atoms with Crippen LogP contribution in [0.5, 0.6) is 0 Å². The van der Waals surface area contributed by atoms with E-state index >= 15 is 0 Å². The molecule has 0 amide bonds. The third-order valence-electron chi connectivity index (χ3n) is 5.76. The van der Waals surface area contributed by atoms with E-state index in [9.17, 15) is 0 Å². The summed E-state index contributed by atoms with van der Waals surface area (Å²) < 4.78 is 5.56. The van der Waals surface area contributed by atoms with E-state index in [4.69, 9.17) is 9.72 Å². The number of likely N-dealkylation sites (tertiary alicyclic amines) is 1. The lowest BCUT2D eigenvalue weighted by Crippen LogP contribution is -2.24. The molecule has 0 saturated carbocycles. The molecular weight excluding hydrogens is 300 g/mol. The van der Waals surface area contributed by atoms with Crippen LogP contribution in [0.25, 0.3) is 10.9 Å². The van der Waals surface area contributed by atoms with Crippen molar-refractivity contribution in [1.82, 2.24) is 14.9 Å². The van der Waals surface area contributed by atoms with Crippen molar-refractivity contribution in [1.29, 1.82) is 0 Å². The van der Waals surface area contributed by atoms with Gasteiger partial charge in [0.05, 0.1) is 18.7 Å². The first-order valence-electron chi connectivity index (χ1n) is 9.16. The Morgan fingerprint density at radius 2 is 1.88 bits per heavy atom. The van der Waals surface area contributed by atoms with Crippen LogP contribution in [0.15, 0.2) is 24.4 Å². The third-order valence-corrected chi connectivity index (χ3v) is 5.76. The summed E-state index contributed by atoms with van der Waals surface area (Å²) in [5.74, 6) is 2.20. The van der Waals surface area contributed by atoms with Crippen LogP contribution in [-0.4, -0.2) is 54.3 Å². The van der Waals surface area contributed by atoms with Gasteiger partial charge in [0.15, 0.2) is 0 Å². The molecule has 0 spiro atoms. The molecule has 1 aromatic heterocycles. The SMILES string of the molecule is c1cc2nc(N3CC4COCC4C3)ncc2cc1CN1CCCC1. The number of aromatic nitrogens is 2. The maximum atomic E-state index is 5.56. The van der Waals surface area contributed by atoms with Gasteiger partial charge in [0.1, 0.15) is 0 Å². The molecule has 2 aromatic rings. The van der Waals surface area contributed by atoms with Crippen molar-refractivity contribution in [3.63, 3.8) is 0 Å². The number of benzene rings is 1. The summed E-state index contributed by atoms with van der Waals surface area (Å²) in [4.78, 5) is 14.3. The fourth-order valence-corrected chi connectivity index (χ4v) is 4.37. The van der Waals surface area contributed by atoms with Crippen LogP contribution in [0.1, 0.15) is 18.4 Å². The Labute approximate surface area is 142 Å². The second kappa shape index (κ2) is 5.97. The predicted molar refractivity (Wildman–Crippen MR) is 94.1 cm³/mol. The lowest BCUT2D eigenvalue weighted by atomic mass is 10.0. The molecule has 24 heavy (non-hydrogen) atoms. The Balaban J connectivity index is 1.36. The minimum absolute atomic E-state index is 0.659. The van der Waals surface area contributed by atoms with Crippen LogP contribution in [-0.2, 0) is 11.3 Å². The summed E-state index contributed by atoms with van der Waals surface area (Å²) in [6.45, 7) is 7.37. The van der Waals surface area contributed by atoms with Gasteiger partial charge in [0, 0.05) is 43.1 Å². The van der Waals surface area contributed by atoms with Gasteiger partial charge in [-0.05, 0) is 43.6 Å². The minimum Gasteiger partial charge on any atom is -0.381 e. The topological polar surface area (TPSA) is 41.5 Å². The molecule has 3 aliphatic heterocycles. The molecule has 3 aliphatic rings. The van der Waals surface area contributed by atoms with Crippen LogP contribution < -0.4 is 4.90 Å². The first-order valence-corrected chi connectivity index (χ1v) is 9.16. The average Bonchev–Trinajstić information content (AvgIpc) is 3.31. The van der Waals surface area contributed by atoms with Gasteiger partial charge in [-0.2, -0.15) is 0 Å². The number of hydrogen-bond donors (Lipinski definition) is 0. The fourth-order valence-electron chi connectivity index (χ4n) is 4.37. The highest BCUT2D eigenvalue weighted by Gasteiger charge is 2.38. The van der Waals surface area contributed by atoms with Crippen molar-refractivity contribution in [2.45, 2.75) is 19.4 Å². The summed E-state index contributed by atoms with van der Waals surface area (Å²) >= 11 is 0. The van der Waals surface area contributed by atoms with Gasteiger partial charge in [-0.15, -0.1) is 0 Å². The third kappa shape index (κ3) is 2.66. The largest absolute Gasteiger partial charge is 0.381 e. The monoisotopic (exact) mass is 324 g/mol. The van der Waals surface area contributed by atoms with Crippen molar-refractivity contribution in [3.8, 4) is 0 Å². The molecule has 0 aliphatic carbocycles. The van der Waals surface area contributed by atoms with Crippen molar-refractivity contribution in [3.05, 3.63) is 30.0 Å². The molecule has 0 bridgehead atoms. The van der Waals surface area contributed by atoms with E-state index in [1.165, 1.54) is 31.5 Å². The molecule has 126 valence electrons. The minimum atomic E-state index is 0.659. The number of nitrogens with zero attached hydrogens (tertiary/aromatic N) is 4. The highest BCUT2D eigenvalue weighted by molar-refractivity contribution is 5.79.